The van der Waals surface area contributed by atoms with Crippen LogP contribution in [-0.2, 0) is 66.7 Å². The molecule has 2 heterocycles. The quantitative estimate of drug-likeness (QED) is 0.290. The molecule has 0 unspecified atom stereocenters. The van der Waals surface area contributed by atoms with E-state index in [2.05, 4.69) is 0 Å². The molecule has 0 radical (unpaired) electrons. The van der Waals surface area contributed by atoms with Gasteiger partial charge >= 0.3 is 41.6 Å². The van der Waals surface area contributed by atoms with Crippen molar-refractivity contribution < 1.29 is 66.7 Å². The smallest absolute Gasteiger partial charge is 0.334 e. The highest BCUT2D eigenvalue weighted by Crippen LogP contribution is 2.32. The van der Waals surface area contributed by atoms with Crippen molar-refractivity contribution in [3.8, 4) is 0 Å². The summed E-state index contributed by atoms with van der Waals surface area (Å²) >= 11 is 0. The van der Waals surface area contributed by atoms with Gasteiger partial charge in [-0.25, -0.2) is 4.79 Å². The molecule has 0 saturated carbocycles. The summed E-state index contributed by atoms with van der Waals surface area (Å²) in [5, 5.41) is 0. The minimum absolute atomic E-state index is 0.457. The lowest BCUT2D eigenvalue weighted by atomic mass is 9.98. The summed E-state index contributed by atoms with van der Waals surface area (Å²) in [4.78, 5) is 69.9. The van der Waals surface area contributed by atoms with Gasteiger partial charge in [-0.2, -0.15) is 0 Å². The topological polar surface area (TPSA) is 176 Å². The lowest BCUT2D eigenvalue weighted by Gasteiger charge is -2.44. The molecule has 6 atom stereocenters. The molecule has 0 aromatic rings. The molecule has 0 aromatic carbocycles. The van der Waals surface area contributed by atoms with Gasteiger partial charge in [-0.1, -0.05) is 0 Å². The summed E-state index contributed by atoms with van der Waals surface area (Å²) in [6.07, 6.45) is -4.95. The summed E-state index contributed by atoms with van der Waals surface area (Å²) in [6.45, 7) is 4.35. The highest BCUT2D eigenvalue weighted by atomic mass is 16.8. The Labute approximate surface area is 199 Å². The van der Waals surface area contributed by atoms with Crippen molar-refractivity contribution in [3.05, 3.63) is 12.2 Å². The van der Waals surface area contributed by atoms with E-state index in [1.165, 1.54) is 0 Å². The van der Waals surface area contributed by atoms with Crippen molar-refractivity contribution in [1.29, 1.82) is 0 Å². The maximum absolute atomic E-state index is 11.8. The third-order valence-corrected chi connectivity index (χ3v) is 4.46. The predicted molar refractivity (Wildman–Crippen MR) is 108 cm³/mol. The first kappa shape index (κ1) is 27.7. The third-order valence-electron chi connectivity index (χ3n) is 4.46. The number of carbonyl (C=O) groups excluding carboxylic acids is 6. The van der Waals surface area contributed by atoms with E-state index in [-0.39, 0.29) is 0 Å². The van der Waals surface area contributed by atoms with Gasteiger partial charge in [-0.15, -0.1) is 0 Å². The van der Waals surface area contributed by atoms with E-state index < -0.39 is 85.5 Å². The van der Waals surface area contributed by atoms with Crippen LogP contribution in [0.2, 0.25) is 0 Å². The highest BCUT2D eigenvalue weighted by molar-refractivity contribution is 5.85. The molecule has 2 aliphatic rings. The van der Waals surface area contributed by atoms with Gasteiger partial charge in [0, 0.05) is 46.8 Å². The molecule has 0 bridgehead atoms. The molecule has 0 N–H and O–H groups in total. The van der Waals surface area contributed by atoms with Gasteiger partial charge in [0.1, 0.15) is 19.3 Å². The number of hydrogen-bond donors (Lipinski definition) is 0. The molecule has 1 saturated heterocycles. The number of esters is 6. The van der Waals surface area contributed by atoms with E-state index in [4.69, 9.17) is 37.9 Å². The van der Waals surface area contributed by atoms with Gasteiger partial charge in [0.25, 0.3) is 0 Å². The Bertz CT molecular complexity index is 894. The van der Waals surface area contributed by atoms with E-state index in [9.17, 15) is 28.8 Å². The first-order chi connectivity index (χ1) is 16.3. The third kappa shape index (κ3) is 8.03. The normalized spacial score (nSPS) is 29.5. The van der Waals surface area contributed by atoms with Crippen molar-refractivity contribution in [2.75, 3.05) is 13.2 Å². The Morgan fingerprint density at radius 3 is 1.89 bits per heavy atom. The molecule has 0 amide bonds. The fourth-order valence-electron chi connectivity index (χ4n) is 3.36. The van der Waals surface area contributed by atoms with Crippen LogP contribution in [0, 0.1) is 0 Å². The van der Waals surface area contributed by atoms with Gasteiger partial charge in [-0.3, -0.25) is 24.0 Å². The summed E-state index contributed by atoms with van der Waals surface area (Å²) in [5.74, 6) is -6.67. The number of ether oxygens (including phenoxy) is 8. The molecular weight excluding hydrogens is 476 g/mol. The molecule has 35 heavy (non-hydrogen) atoms. The van der Waals surface area contributed by atoms with Crippen molar-refractivity contribution in [2.45, 2.75) is 71.1 Å². The van der Waals surface area contributed by atoms with Crippen LogP contribution in [-0.4, -0.2) is 85.5 Å². The summed E-state index contributed by atoms with van der Waals surface area (Å²) in [5.41, 5.74) is 0. The number of rotatable bonds is 9. The minimum atomic E-state index is -1.94. The summed E-state index contributed by atoms with van der Waals surface area (Å²) in [6, 6.07) is 0. The van der Waals surface area contributed by atoms with Crippen LogP contribution in [0.1, 0.15) is 34.6 Å². The van der Waals surface area contributed by atoms with Crippen LogP contribution in [0.15, 0.2) is 12.2 Å². The highest BCUT2D eigenvalue weighted by Gasteiger charge is 2.54. The van der Waals surface area contributed by atoms with E-state index in [1.807, 2.05) is 0 Å². The fraction of sp³-hybridized carbons (Fsp3) is 0.619. The molecule has 194 valence electrons. The molecule has 2 rings (SSSR count). The van der Waals surface area contributed by atoms with Gasteiger partial charge in [0.15, 0.2) is 24.6 Å². The Morgan fingerprint density at radius 2 is 1.40 bits per heavy atom. The van der Waals surface area contributed by atoms with Gasteiger partial charge in [0.2, 0.25) is 0 Å². The van der Waals surface area contributed by atoms with Crippen LogP contribution >= 0.6 is 0 Å². The average molecular weight is 502 g/mol. The van der Waals surface area contributed by atoms with Crippen LogP contribution in [0.4, 0.5) is 0 Å². The van der Waals surface area contributed by atoms with Crippen LogP contribution in [0.5, 0.6) is 0 Å². The largest absolute Gasteiger partial charge is 0.463 e. The number of cyclic esters (lactones) is 1. The standard InChI is InChI=1S/C21H26O14/c1-10(22)28-8-15-17(30-11(2)23)18(31-12(3)24)19(32-13(4)25)20(33-15)29-9-21(34-14(5)26)7-6-16(27)35-21/h6-7,15,17-20H,8-9H2,1-5H3/t15-,17-,18+,19-,20-,21+/m1/s1. The zero-order chi connectivity index (χ0) is 26.3. The van der Waals surface area contributed by atoms with Crippen molar-refractivity contribution >= 4 is 35.8 Å². The molecule has 0 aromatic heterocycles. The SMILES string of the molecule is CC(=O)OC[C@H]1O[C@@H](OC[C@]2(OC(C)=O)C=CC(=O)O2)[C@H](OC(C)=O)[C@@H](OC(C)=O)[C@@H]1OC(C)=O. The second-order valence-electron chi connectivity index (χ2n) is 7.54. The minimum Gasteiger partial charge on any atom is -0.463 e. The van der Waals surface area contributed by atoms with Gasteiger partial charge < -0.3 is 37.9 Å². The van der Waals surface area contributed by atoms with E-state index in [1.54, 1.807) is 0 Å². The van der Waals surface area contributed by atoms with Crippen LogP contribution < -0.4 is 0 Å². The number of hydrogen-bond acceptors (Lipinski definition) is 14. The fourth-order valence-corrected chi connectivity index (χ4v) is 3.36. The summed E-state index contributed by atoms with van der Waals surface area (Å²) in [7, 11) is 0. The van der Waals surface area contributed by atoms with E-state index in [0.717, 1.165) is 46.8 Å². The monoisotopic (exact) mass is 502 g/mol. The number of carbonyl (C=O) groups is 6. The molecule has 0 aliphatic carbocycles. The predicted octanol–water partition coefficient (Wildman–Crippen LogP) is -0.541. The Hall–Kier alpha value is -3.52. The molecule has 0 spiro atoms. The summed E-state index contributed by atoms with van der Waals surface area (Å²) < 4.78 is 42.3. The van der Waals surface area contributed by atoms with Gasteiger partial charge in [0.05, 0.1) is 0 Å². The molecule has 14 nitrogen and oxygen atoms in total. The van der Waals surface area contributed by atoms with Crippen molar-refractivity contribution in [1.82, 2.24) is 0 Å². The molecule has 14 heteroatoms. The van der Waals surface area contributed by atoms with Crippen molar-refractivity contribution in [3.63, 3.8) is 0 Å². The maximum Gasteiger partial charge on any atom is 0.334 e. The lowest BCUT2D eigenvalue weighted by molar-refractivity contribution is -0.321. The average Bonchev–Trinajstić information content (AvgIpc) is 3.07. The van der Waals surface area contributed by atoms with Crippen LogP contribution in [0.3, 0.4) is 0 Å². The Balaban J connectivity index is 2.40. The van der Waals surface area contributed by atoms with E-state index >= 15 is 0 Å². The Kier molecular flexibility index (Phi) is 9.31. The second kappa shape index (κ2) is 11.8. The first-order valence-corrected chi connectivity index (χ1v) is 10.4. The zero-order valence-corrected chi connectivity index (χ0v) is 19.7. The zero-order valence-electron chi connectivity index (χ0n) is 19.7. The lowest BCUT2D eigenvalue weighted by Crippen LogP contribution is -2.63. The van der Waals surface area contributed by atoms with E-state index in [0.29, 0.717) is 0 Å². The molecular formula is C21H26O14. The first-order valence-electron chi connectivity index (χ1n) is 10.4. The Morgan fingerprint density at radius 1 is 0.829 bits per heavy atom. The van der Waals surface area contributed by atoms with Crippen LogP contribution in [0.25, 0.3) is 0 Å². The van der Waals surface area contributed by atoms with Crippen molar-refractivity contribution in [2.24, 2.45) is 0 Å². The van der Waals surface area contributed by atoms with Gasteiger partial charge in [-0.05, 0) is 0 Å². The maximum atomic E-state index is 11.8. The second-order valence-corrected chi connectivity index (χ2v) is 7.54. The molecule has 1 fully saturated rings. The molecule has 2 aliphatic heterocycles.